The van der Waals surface area contributed by atoms with Crippen molar-refractivity contribution in [2.24, 2.45) is 0 Å². The number of benzene rings is 1. The molecule has 0 fully saturated rings. The molecule has 0 aliphatic rings. The van der Waals surface area contributed by atoms with Crippen LogP contribution in [0.25, 0.3) is 0 Å². The van der Waals surface area contributed by atoms with E-state index in [1.807, 2.05) is 26.2 Å². The van der Waals surface area contributed by atoms with Crippen molar-refractivity contribution in [1.29, 1.82) is 0 Å². The van der Waals surface area contributed by atoms with E-state index in [-0.39, 0.29) is 5.91 Å². The molecule has 1 amide bonds. The summed E-state index contributed by atoms with van der Waals surface area (Å²) in [6.07, 6.45) is 0.942. The molecule has 3 nitrogen and oxygen atoms in total. The standard InChI is InChI=1S/C12H17BrN2OS/c1-15(2)7-3-6-14-12(16)10-5-4-9(13)8-11(10)17/h4-5,8,17H,3,6-7H2,1-2H3,(H,14,16). The van der Waals surface area contributed by atoms with Gasteiger partial charge in [-0.25, -0.2) is 0 Å². The predicted octanol–water partition coefficient (Wildman–Crippen LogP) is 2.42. The molecule has 0 aliphatic carbocycles. The summed E-state index contributed by atoms with van der Waals surface area (Å²) in [4.78, 5) is 14.6. The van der Waals surface area contributed by atoms with Crippen molar-refractivity contribution in [2.75, 3.05) is 27.2 Å². The first-order valence-electron chi connectivity index (χ1n) is 5.42. The highest BCUT2D eigenvalue weighted by atomic mass is 79.9. The van der Waals surface area contributed by atoms with Crippen molar-refractivity contribution < 1.29 is 4.79 Å². The second-order valence-corrected chi connectivity index (χ2v) is 5.47. The lowest BCUT2D eigenvalue weighted by Gasteiger charge is -2.10. The third-order valence-corrected chi connectivity index (χ3v) is 3.14. The molecular formula is C12H17BrN2OS. The van der Waals surface area contributed by atoms with E-state index in [0.717, 1.165) is 17.4 Å². The van der Waals surface area contributed by atoms with Crippen molar-refractivity contribution >= 4 is 34.5 Å². The van der Waals surface area contributed by atoms with Gasteiger partial charge in [0.2, 0.25) is 0 Å². The summed E-state index contributed by atoms with van der Waals surface area (Å²) in [6, 6.07) is 5.43. The van der Waals surface area contributed by atoms with Gasteiger partial charge in [0.25, 0.3) is 5.91 Å². The Bertz CT molecular complexity index is 396. The number of nitrogens with zero attached hydrogens (tertiary/aromatic N) is 1. The molecule has 0 bridgehead atoms. The molecule has 0 saturated heterocycles. The number of carbonyl (C=O) groups is 1. The third-order valence-electron chi connectivity index (χ3n) is 2.27. The minimum atomic E-state index is -0.0683. The molecule has 0 aromatic heterocycles. The smallest absolute Gasteiger partial charge is 0.252 e. The molecule has 1 rings (SSSR count). The van der Waals surface area contributed by atoms with Gasteiger partial charge >= 0.3 is 0 Å². The Hall–Kier alpha value is -0.520. The van der Waals surface area contributed by atoms with E-state index in [9.17, 15) is 4.79 Å². The van der Waals surface area contributed by atoms with Crippen LogP contribution in [-0.4, -0.2) is 38.0 Å². The predicted molar refractivity (Wildman–Crippen MR) is 76.9 cm³/mol. The van der Waals surface area contributed by atoms with Crippen LogP contribution in [0.4, 0.5) is 0 Å². The number of thiol groups is 1. The maximum atomic E-state index is 11.8. The van der Waals surface area contributed by atoms with Crippen molar-refractivity contribution in [3.63, 3.8) is 0 Å². The van der Waals surface area contributed by atoms with Gasteiger partial charge in [0.1, 0.15) is 0 Å². The molecule has 94 valence electrons. The minimum absolute atomic E-state index is 0.0683. The molecule has 0 saturated carbocycles. The van der Waals surface area contributed by atoms with Gasteiger partial charge in [0.15, 0.2) is 0 Å². The Balaban J connectivity index is 2.47. The summed E-state index contributed by atoms with van der Waals surface area (Å²) >= 11 is 7.62. The molecule has 0 spiro atoms. The highest BCUT2D eigenvalue weighted by Gasteiger charge is 2.08. The van der Waals surface area contributed by atoms with Gasteiger partial charge in [0, 0.05) is 15.9 Å². The first-order valence-corrected chi connectivity index (χ1v) is 6.66. The zero-order valence-electron chi connectivity index (χ0n) is 10.0. The van der Waals surface area contributed by atoms with Gasteiger partial charge in [-0.15, -0.1) is 12.6 Å². The summed E-state index contributed by atoms with van der Waals surface area (Å²) in [5.74, 6) is -0.0683. The number of hydrogen-bond donors (Lipinski definition) is 2. The second kappa shape index (κ2) is 7.03. The van der Waals surface area contributed by atoms with E-state index < -0.39 is 0 Å². The second-order valence-electron chi connectivity index (χ2n) is 4.07. The van der Waals surface area contributed by atoms with Gasteiger partial charge in [-0.1, -0.05) is 15.9 Å². The Morgan fingerprint density at radius 3 is 2.76 bits per heavy atom. The highest BCUT2D eigenvalue weighted by Crippen LogP contribution is 2.19. The lowest BCUT2D eigenvalue weighted by molar-refractivity contribution is 0.0949. The average molecular weight is 317 g/mol. The quantitative estimate of drug-likeness (QED) is 0.646. The van der Waals surface area contributed by atoms with Crippen molar-refractivity contribution in [3.05, 3.63) is 28.2 Å². The van der Waals surface area contributed by atoms with Crippen LogP contribution in [-0.2, 0) is 0 Å². The lowest BCUT2D eigenvalue weighted by atomic mass is 10.2. The largest absolute Gasteiger partial charge is 0.352 e. The summed E-state index contributed by atoms with van der Waals surface area (Å²) in [6.45, 7) is 1.65. The molecule has 1 aromatic rings. The zero-order chi connectivity index (χ0) is 12.8. The van der Waals surface area contributed by atoms with E-state index in [4.69, 9.17) is 0 Å². The number of hydrogen-bond acceptors (Lipinski definition) is 3. The Labute approximate surface area is 116 Å². The third kappa shape index (κ3) is 5.10. The van der Waals surface area contributed by atoms with Gasteiger partial charge in [-0.2, -0.15) is 0 Å². The van der Waals surface area contributed by atoms with Gasteiger partial charge in [-0.05, 0) is 45.3 Å². The molecular weight excluding hydrogens is 300 g/mol. The van der Waals surface area contributed by atoms with Crippen LogP contribution >= 0.6 is 28.6 Å². The van der Waals surface area contributed by atoms with Crippen molar-refractivity contribution in [3.8, 4) is 0 Å². The van der Waals surface area contributed by atoms with E-state index in [1.165, 1.54) is 0 Å². The van der Waals surface area contributed by atoms with Crippen molar-refractivity contribution in [2.45, 2.75) is 11.3 Å². The first kappa shape index (κ1) is 14.5. The topological polar surface area (TPSA) is 32.3 Å². The normalized spacial score (nSPS) is 10.6. The number of carbonyl (C=O) groups excluding carboxylic acids is 1. The van der Waals surface area contributed by atoms with Gasteiger partial charge in [-0.3, -0.25) is 4.79 Å². The number of rotatable bonds is 5. The summed E-state index contributed by atoms with van der Waals surface area (Å²) in [5.41, 5.74) is 0.612. The fraction of sp³-hybridized carbons (Fsp3) is 0.417. The van der Waals surface area contributed by atoms with Crippen LogP contribution < -0.4 is 5.32 Å². The Morgan fingerprint density at radius 1 is 1.47 bits per heavy atom. The first-order chi connectivity index (χ1) is 8.00. The monoisotopic (exact) mass is 316 g/mol. The van der Waals surface area contributed by atoms with Crippen LogP contribution in [0.5, 0.6) is 0 Å². The molecule has 1 aromatic carbocycles. The molecule has 0 atom stereocenters. The average Bonchev–Trinajstić information content (AvgIpc) is 2.23. The lowest BCUT2D eigenvalue weighted by Crippen LogP contribution is -2.27. The zero-order valence-corrected chi connectivity index (χ0v) is 12.5. The SMILES string of the molecule is CN(C)CCCNC(=O)c1ccc(Br)cc1S. The molecule has 0 radical (unpaired) electrons. The fourth-order valence-electron chi connectivity index (χ4n) is 1.39. The van der Waals surface area contributed by atoms with Crippen LogP contribution in [0, 0.1) is 0 Å². The Kier molecular flexibility index (Phi) is 6.02. The summed E-state index contributed by atoms with van der Waals surface area (Å²) in [7, 11) is 4.03. The Morgan fingerprint density at radius 2 is 2.18 bits per heavy atom. The molecule has 17 heavy (non-hydrogen) atoms. The molecule has 0 aliphatic heterocycles. The van der Waals surface area contributed by atoms with Crippen LogP contribution in [0.2, 0.25) is 0 Å². The maximum Gasteiger partial charge on any atom is 0.252 e. The van der Waals surface area contributed by atoms with Crippen LogP contribution in [0.1, 0.15) is 16.8 Å². The van der Waals surface area contributed by atoms with Gasteiger partial charge < -0.3 is 10.2 Å². The number of amides is 1. The molecule has 1 N–H and O–H groups in total. The van der Waals surface area contributed by atoms with Crippen molar-refractivity contribution in [1.82, 2.24) is 10.2 Å². The fourth-order valence-corrected chi connectivity index (χ4v) is 2.24. The van der Waals surface area contributed by atoms with Crippen LogP contribution in [0.15, 0.2) is 27.6 Å². The maximum absolute atomic E-state index is 11.8. The van der Waals surface area contributed by atoms with E-state index in [2.05, 4.69) is 38.8 Å². The molecule has 0 unspecified atom stereocenters. The molecule has 5 heteroatoms. The number of halogens is 1. The van der Waals surface area contributed by atoms with Crippen LogP contribution in [0.3, 0.4) is 0 Å². The van der Waals surface area contributed by atoms with Gasteiger partial charge in [0.05, 0.1) is 5.56 Å². The number of nitrogens with one attached hydrogen (secondary N) is 1. The highest BCUT2D eigenvalue weighted by molar-refractivity contribution is 9.10. The van der Waals surface area contributed by atoms with E-state index in [0.29, 0.717) is 17.0 Å². The van der Waals surface area contributed by atoms with E-state index in [1.54, 1.807) is 6.07 Å². The molecule has 0 heterocycles. The summed E-state index contributed by atoms with van der Waals surface area (Å²) < 4.78 is 0.923. The summed E-state index contributed by atoms with van der Waals surface area (Å²) in [5, 5.41) is 2.88. The van der Waals surface area contributed by atoms with E-state index >= 15 is 0 Å². The minimum Gasteiger partial charge on any atom is -0.352 e.